The minimum atomic E-state index is -0.388. The SMILES string of the molecule is CC.CC.CC1(C)OB(c2cncc(N)c2)OC1(C)C. The number of nitrogens with zero attached hydrogens (tertiary/aromatic N) is 1. The van der Waals surface area contributed by atoms with Gasteiger partial charge in [0, 0.05) is 23.5 Å². The molecule has 20 heavy (non-hydrogen) atoms. The second-order valence-corrected chi connectivity index (χ2v) is 5.14. The zero-order valence-corrected chi connectivity index (χ0v) is 14.2. The fraction of sp³-hybridized carbons (Fsp3) is 0.667. The van der Waals surface area contributed by atoms with E-state index < -0.39 is 0 Å². The first kappa shape index (κ1) is 18.9. The van der Waals surface area contributed by atoms with E-state index in [2.05, 4.69) is 4.98 Å². The topological polar surface area (TPSA) is 57.4 Å². The van der Waals surface area contributed by atoms with E-state index in [0.29, 0.717) is 5.69 Å². The van der Waals surface area contributed by atoms with Crippen LogP contribution in [0.25, 0.3) is 0 Å². The van der Waals surface area contributed by atoms with Crippen LogP contribution in [-0.4, -0.2) is 23.3 Å². The lowest BCUT2D eigenvalue weighted by atomic mass is 9.80. The van der Waals surface area contributed by atoms with Gasteiger partial charge < -0.3 is 15.0 Å². The van der Waals surface area contributed by atoms with Crippen molar-refractivity contribution in [2.24, 2.45) is 0 Å². The molecule has 1 aliphatic heterocycles. The summed E-state index contributed by atoms with van der Waals surface area (Å²) < 4.78 is 11.8. The van der Waals surface area contributed by atoms with Gasteiger partial charge in [0.25, 0.3) is 0 Å². The summed E-state index contributed by atoms with van der Waals surface area (Å²) in [6.07, 6.45) is 3.33. The Morgan fingerprint density at radius 3 is 1.80 bits per heavy atom. The van der Waals surface area contributed by atoms with E-state index in [1.165, 1.54) is 0 Å². The quantitative estimate of drug-likeness (QED) is 0.803. The summed E-state index contributed by atoms with van der Waals surface area (Å²) in [5.41, 5.74) is 6.50. The lowest BCUT2D eigenvalue weighted by Crippen LogP contribution is -2.41. The van der Waals surface area contributed by atoms with Gasteiger partial charge in [0.15, 0.2) is 0 Å². The third-order valence-corrected chi connectivity index (χ3v) is 3.31. The highest BCUT2D eigenvalue weighted by molar-refractivity contribution is 6.62. The molecule has 0 amide bonds. The molecule has 0 spiro atoms. The van der Waals surface area contributed by atoms with E-state index >= 15 is 0 Å². The first-order valence-electron chi connectivity index (χ1n) is 7.38. The van der Waals surface area contributed by atoms with Gasteiger partial charge in [0.2, 0.25) is 0 Å². The normalized spacial score (nSPS) is 18.5. The molecule has 0 aromatic carbocycles. The van der Waals surface area contributed by atoms with Gasteiger partial charge in [0.1, 0.15) is 0 Å². The zero-order valence-electron chi connectivity index (χ0n) is 14.2. The van der Waals surface area contributed by atoms with Crippen molar-refractivity contribution in [2.75, 3.05) is 5.73 Å². The molecule has 4 nitrogen and oxygen atoms in total. The molecule has 1 aromatic heterocycles. The molecule has 5 heteroatoms. The maximum Gasteiger partial charge on any atom is 0.496 e. The Bertz CT molecular complexity index is 393. The van der Waals surface area contributed by atoms with Crippen LogP contribution >= 0.6 is 0 Å². The minimum Gasteiger partial charge on any atom is -0.399 e. The minimum absolute atomic E-state index is 0.331. The maximum atomic E-state index is 5.89. The van der Waals surface area contributed by atoms with Crippen molar-refractivity contribution < 1.29 is 9.31 Å². The average molecular weight is 280 g/mol. The van der Waals surface area contributed by atoms with Crippen molar-refractivity contribution in [3.63, 3.8) is 0 Å². The van der Waals surface area contributed by atoms with Gasteiger partial charge in [-0.05, 0) is 33.8 Å². The standard InChI is InChI=1S/C11H17BN2O2.2C2H6/c1-10(2)11(3,4)16-12(15-10)8-5-9(13)7-14-6-8;2*1-2/h5-7H,13H2,1-4H3;2*1-2H3. The Kier molecular flexibility index (Phi) is 7.24. The zero-order chi connectivity index (χ0) is 16.0. The van der Waals surface area contributed by atoms with Crippen LogP contribution in [0.5, 0.6) is 0 Å². The molecule has 1 fully saturated rings. The lowest BCUT2D eigenvalue weighted by Gasteiger charge is -2.32. The summed E-state index contributed by atoms with van der Waals surface area (Å²) in [7, 11) is -0.388. The molecule has 2 heterocycles. The molecule has 2 rings (SSSR count). The van der Waals surface area contributed by atoms with E-state index in [1.807, 2.05) is 61.5 Å². The van der Waals surface area contributed by atoms with Crippen LogP contribution in [-0.2, 0) is 9.31 Å². The van der Waals surface area contributed by atoms with E-state index in [4.69, 9.17) is 15.0 Å². The van der Waals surface area contributed by atoms with Gasteiger partial charge in [-0.2, -0.15) is 0 Å². The third-order valence-electron chi connectivity index (χ3n) is 3.31. The molecule has 1 saturated heterocycles. The molecule has 0 saturated carbocycles. The number of hydrogen-bond donors (Lipinski definition) is 1. The number of rotatable bonds is 1. The molecular weight excluding hydrogens is 251 g/mol. The average Bonchev–Trinajstić information content (AvgIpc) is 2.63. The summed E-state index contributed by atoms with van der Waals surface area (Å²) in [6.45, 7) is 16.1. The Hall–Kier alpha value is -1.07. The van der Waals surface area contributed by atoms with E-state index in [-0.39, 0.29) is 18.3 Å². The van der Waals surface area contributed by atoms with Crippen molar-refractivity contribution in [3.8, 4) is 0 Å². The molecule has 0 unspecified atom stereocenters. The molecule has 0 radical (unpaired) electrons. The van der Waals surface area contributed by atoms with E-state index in [9.17, 15) is 0 Å². The van der Waals surface area contributed by atoms with E-state index in [1.54, 1.807) is 12.4 Å². The Morgan fingerprint density at radius 1 is 0.950 bits per heavy atom. The van der Waals surface area contributed by atoms with Crippen molar-refractivity contribution in [1.82, 2.24) is 4.98 Å². The number of nitrogens with two attached hydrogens (primary N) is 1. The van der Waals surface area contributed by atoms with Crippen LogP contribution < -0.4 is 11.2 Å². The molecule has 0 atom stereocenters. The summed E-state index contributed by atoms with van der Waals surface area (Å²) in [5.74, 6) is 0. The van der Waals surface area contributed by atoms with Crippen LogP contribution in [0.3, 0.4) is 0 Å². The Balaban J connectivity index is 0.000000829. The maximum absolute atomic E-state index is 5.89. The number of aromatic nitrogens is 1. The smallest absolute Gasteiger partial charge is 0.399 e. The van der Waals surface area contributed by atoms with Gasteiger partial charge in [0.05, 0.1) is 11.2 Å². The van der Waals surface area contributed by atoms with Gasteiger partial charge in [-0.1, -0.05) is 27.7 Å². The monoisotopic (exact) mass is 280 g/mol. The largest absolute Gasteiger partial charge is 0.496 e. The van der Waals surface area contributed by atoms with Crippen LogP contribution in [0.4, 0.5) is 5.69 Å². The third kappa shape index (κ3) is 4.22. The molecule has 0 aliphatic carbocycles. The molecule has 0 bridgehead atoms. The van der Waals surface area contributed by atoms with Gasteiger partial charge in [-0.3, -0.25) is 4.98 Å². The van der Waals surface area contributed by atoms with Crippen molar-refractivity contribution >= 4 is 18.3 Å². The summed E-state index contributed by atoms with van der Waals surface area (Å²) >= 11 is 0. The number of hydrogen-bond acceptors (Lipinski definition) is 4. The van der Waals surface area contributed by atoms with Gasteiger partial charge in [-0.25, -0.2) is 0 Å². The highest BCUT2D eigenvalue weighted by Gasteiger charge is 2.51. The summed E-state index contributed by atoms with van der Waals surface area (Å²) in [6, 6.07) is 1.83. The summed E-state index contributed by atoms with van der Waals surface area (Å²) in [5, 5.41) is 0. The predicted molar refractivity (Wildman–Crippen MR) is 87.1 cm³/mol. The van der Waals surface area contributed by atoms with Crippen LogP contribution in [0.15, 0.2) is 18.5 Å². The van der Waals surface area contributed by atoms with Crippen LogP contribution in [0.1, 0.15) is 55.4 Å². The van der Waals surface area contributed by atoms with Crippen molar-refractivity contribution in [1.29, 1.82) is 0 Å². The number of nitrogen functional groups attached to an aromatic ring is 1. The molecule has 1 aromatic rings. The van der Waals surface area contributed by atoms with Crippen LogP contribution in [0, 0.1) is 0 Å². The molecule has 2 N–H and O–H groups in total. The second-order valence-electron chi connectivity index (χ2n) is 5.14. The highest BCUT2D eigenvalue weighted by atomic mass is 16.7. The van der Waals surface area contributed by atoms with Gasteiger partial charge in [-0.15, -0.1) is 0 Å². The molecule has 1 aliphatic rings. The lowest BCUT2D eigenvalue weighted by molar-refractivity contribution is 0.00578. The highest BCUT2D eigenvalue weighted by Crippen LogP contribution is 2.36. The van der Waals surface area contributed by atoms with Crippen molar-refractivity contribution in [3.05, 3.63) is 18.5 Å². The van der Waals surface area contributed by atoms with Crippen LogP contribution in [0.2, 0.25) is 0 Å². The second kappa shape index (κ2) is 7.65. The van der Waals surface area contributed by atoms with Gasteiger partial charge >= 0.3 is 7.12 Å². The summed E-state index contributed by atoms with van der Waals surface area (Å²) in [4.78, 5) is 4.04. The first-order valence-corrected chi connectivity index (χ1v) is 7.38. The Morgan fingerprint density at radius 2 is 1.40 bits per heavy atom. The number of anilines is 1. The molecular formula is C15H29BN2O2. The molecule has 114 valence electrons. The fourth-order valence-corrected chi connectivity index (χ4v) is 1.58. The first-order chi connectivity index (χ1) is 9.32. The van der Waals surface area contributed by atoms with E-state index in [0.717, 1.165) is 5.46 Å². The number of pyridine rings is 1. The predicted octanol–water partition coefficient (Wildman–Crippen LogP) is 3.02. The Labute approximate surface area is 124 Å². The van der Waals surface area contributed by atoms with Crippen molar-refractivity contribution in [2.45, 2.75) is 66.6 Å². The fourth-order valence-electron chi connectivity index (χ4n) is 1.58.